The van der Waals surface area contributed by atoms with E-state index in [1.807, 2.05) is 72.8 Å². The van der Waals surface area contributed by atoms with Gasteiger partial charge in [0, 0.05) is 11.1 Å². The number of aromatic nitrogens is 2. The Kier molecular flexibility index (Phi) is 8.11. The summed E-state index contributed by atoms with van der Waals surface area (Å²) in [5.41, 5.74) is 5.07. The standard InChI is InChI=1S/C30H33N3O2/c1-4-5-22-35-26-18-16-24(17-19-26)28-27(23-12-8-6-9-13-23)29(25-14-10-7-11-15-25)31-33(30(28)34)21-20-32(2)3/h6-19H,4-5,20-22H2,1-3H3/p+1. The Balaban J connectivity index is 1.94. The predicted molar refractivity (Wildman–Crippen MR) is 143 cm³/mol. The van der Waals surface area contributed by atoms with Crippen LogP contribution in [0, 0.1) is 0 Å². The Morgan fingerprint density at radius 2 is 1.40 bits per heavy atom. The quantitative estimate of drug-likeness (QED) is 0.347. The van der Waals surface area contributed by atoms with Gasteiger partial charge in [0.15, 0.2) is 0 Å². The van der Waals surface area contributed by atoms with E-state index < -0.39 is 0 Å². The molecule has 4 rings (SSSR count). The summed E-state index contributed by atoms with van der Waals surface area (Å²) in [4.78, 5) is 15.2. The summed E-state index contributed by atoms with van der Waals surface area (Å²) in [6, 6.07) is 28.1. The van der Waals surface area contributed by atoms with Crippen LogP contribution in [-0.2, 0) is 6.54 Å². The largest absolute Gasteiger partial charge is 0.494 e. The smallest absolute Gasteiger partial charge is 0.275 e. The van der Waals surface area contributed by atoms with E-state index in [2.05, 4.69) is 33.2 Å². The minimum absolute atomic E-state index is 0.0792. The number of ether oxygens (including phenoxy) is 1. The maximum absolute atomic E-state index is 13.9. The fraction of sp³-hybridized carbons (Fsp3) is 0.267. The first-order valence-corrected chi connectivity index (χ1v) is 12.4. The number of nitrogens with one attached hydrogen (secondary N) is 1. The monoisotopic (exact) mass is 468 g/mol. The molecule has 0 aliphatic heterocycles. The molecule has 0 saturated heterocycles. The molecule has 1 N–H and O–H groups in total. The van der Waals surface area contributed by atoms with Gasteiger partial charge in [0.1, 0.15) is 5.75 Å². The zero-order chi connectivity index (χ0) is 24.6. The first kappa shape index (κ1) is 24.4. The number of rotatable bonds is 10. The van der Waals surface area contributed by atoms with Crippen LogP contribution in [0.5, 0.6) is 5.75 Å². The first-order valence-electron chi connectivity index (χ1n) is 12.4. The topological polar surface area (TPSA) is 48.6 Å². The molecular weight excluding hydrogens is 434 g/mol. The van der Waals surface area contributed by atoms with E-state index in [-0.39, 0.29) is 5.56 Å². The van der Waals surface area contributed by atoms with Crippen molar-refractivity contribution in [1.29, 1.82) is 0 Å². The molecule has 4 aromatic rings. The lowest BCUT2D eigenvalue weighted by molar-refractivity contribution is -0.859. The van der Waals surface area contributed by atoms with Crippen LogP contribution in [0.25, 0.3) is 33.5 Å². The molecular formula is C30H34N3O2+. The third-order valence-electron chi connectivity index (χ3n) is 6.00. The van der Waals surface area contributed by atoms with Gasteiger partial charge in [0.05, 0.1) is 45.0 Å². The molecule has 0 atom stereocenters. The third kappa shape index (κ3) is 5.87. The summed E-state index contributed by atoms with van der Waals surface area (Å²) in [5.74, 6) is 0.817. The van der Waals surface area contributed by atoms with Crippen molar-refractivity contribution in [3.8, 4) is 39.3 Å². The Morgan fingerprint density at radius 1 is 0.800 bits per heavy atom. The molecule has 0 saturated carbocycles. The van der Waals surface area contributed by atoms with Gasteiger partial charge in [-0.1, -0.05) is 86.1 Å². The van der Waals surface area contributed by atoms with Gasteiger partial charge < -0.3 is 9.64 Å². The molecule has 5 nitrogen and oxygen atoms in total. The van der Waals surface area contributed by atoms with E-state index in [0.717, 1.165) is 53.1 Å². The van der Waals surface area contributed by atoms with E-state index >= 15 is 0 Å². The molecule has 0 amide bonds. The summed E-state index contributed by atoms with van der Waals surface area (Å²) in [6.07, 6.45) is 2.11. The van der Waals surface area contributed by atoms with Gasteiger partial charge in [-0.05, 0) is 29.7 Å². The minimum Gasteiger partial charge on any atom is -0.494 e. The van der Waals surface area contributed by atoms with Gasteiger partial charge in [-0.2, -0.15) is 5.10 Å². The van der Waals surface area contributed by atoms with Gasteiger partial charge in [-0.15, -0.1) is 0 Å². The summed E-state index contributed by atoms with van der Waals surface area (Å²) >= 11 is 0. The van der Waals surface area contributed by atoms with Crippen LogP contribution in [-0.4, -0.2) is 37.0 Å². The molecule has 1 aromatic heterocycles. The Labute approximate surface area is 207 Å². The first-order chi connectivity index (χ1) is 17.1. The number of unbranched alkanes of at least 4 members (excludes halogenated alkanes) is 1. The van der Waals surface area contributed by atoms with Gasteiger partial charge in [0.25, 0.3) is 5.56 Å². The second kappa shape index (κ2) is 11.6. The molecule has 0 fully saturated rings. The number of likely N-dealkylation sites (N-methyl/N-ethyl adjacent to an activating group) is 1. The molecule has 0 aliphatic rings. The number of nitrogens with zero attached hydrogens (tertiary/aromatic N) is 2. The molecule has 0 spiro atoms. The van der Waals surface area contributed by atoms with Gasteiger partial charge >= 0.3 is 0 Å². The fourth-order valence-electron chi connectivity index (χ4n) is 4.06. The maximum atomic E-state index is 13.9. The average Bonchev–Trinajstić information content (AvgIpc) is 2.89. The van der Waals surface area contributed by atoms with E-state index in [0.29, 0.717) is 18.7 Å². The molecule has 0 aliphatic carbocycles. The zero-order valence-electron chi connectivity index (χ0n) is 20.8. The molecule has 35 heavy (non-hydrogen) atoms. The van der Waals surface area contributed by atoms with Crippen molar-refractivity contribution in [3.63, 3.8) is 0 Å². The highest BCUT2D eigenvalue weighted by atomic mass is 16.5. The maximum Gasteiger partial charge on any atom is 0.275 e. The van der Waals surface area contributed by atoms with Crippen LogP contribution in [0.3, 0.4) is 0 Å². The van der Waals surface area contributed by atoms with Crippen LogP contribution < -0.4 is 15.2 Å². The van der Waals surface area contributed by atoms with Crippen LogP contribution in [0.4, 0.5) is 0 Å². The average molecular weight is 469 g/mol. The van der Waals surface area contributed by atoms with Crippen molar-refractivity contribution in [2.45, 2.75) is 26.3 Å². The number of benzene rings is 3. The molecule has 180 valence electrons. The fourth-order valence-corrected chi connectivity index (χ4v) is 4.06. The lowest BCUT2D eigenvalue weighted by Crippen LogP contribution is -3.06. The van der Waals surface area contributed by atoms with Gasteiger partial charge in [0.2, 0.25) is 0 Å². The predicted octanol–water partition coefficient (Wildman–Crippen LogP) is 4.57. The molecule has 3 aromatic carbocycles. The van der Waals surface area contributed by atoms with Crippen molar-refractivity contribution in [2.75, 3.05) is 27.2 Å². The van der Waals surface area contributed by atoms with E-state index in [9.17, 15) is 4.79 Å². The number of hydrogen-bond donors (Lipinski definition) is 1. The van der Waals surface area contributed by atoms with Crippen LogP contribution >= 0.6 is 0 Å². The normalized spacial score (nSPS) is 11.1. The minimum atomic E-state index is -0.0792. The highest BCUT2D eigenvalue weighted by Crippen LogP contribution is 2.37. The van der Waals surface area contributed by atoms with Crippen molar-refractivity contribution < 1.29 is 9.64 Å². The molecule has 5 heteroatoms. The van der Waals surface area contributed by atoms with Crippen LogP contribution in [0.2, 0.25) is 0 Å². The van der Waals surface area contributed by atoms with Crippen LogP contribution in [0.1, 0.15) is 19.8 Å². The number of hydrogen-bond acceptors (Lipinski definition) is 3. The summed E-state index contributed by atoms with van der Waals surface area (Å²) in [7, 11) is 4.17. The molecule has 0 bridgehead atoms. The van der Waals surface area contributed by atoms with Crippen LogP contribution in [0.15, 0.2) is 89.7 Å². The van der Waals surface area contributed by atoms with Crippen molar-refractivity contribution in [2.24, 2.45) is 0 Å². The van der Waals surface area contributed by atoms with E-state index in [1.54, 1.807) is 4.68 Å². The highest BCUT2D eigenvalue weighted by Gasteiger charge is 2.22. The third-order valence-corrected chi connectivity index (χ3v) is 6.00. The Hall–Kier alpha value is -3.70. The van der Waals surface area contributed by atoms with E-state index in [4.69, 9.17) is 9.84 Å². The van der Waals surface area contributed by atoms with Crippen molar-refractivity contribution in [3.05, 3.63) is 95.3 Å². The molecule has 0 unspecified atom stereocenters. The lowest BCUT2D eigenvalue weighted by atomic mass is 9.92. The van der Waals surface area contributed by atoms with Crippen molar-refractivity contribution >= 4 is 0 Å². The Bertz CT molecular complexity index is 1280. The highest BCUT2D eigenvalue weighted by molar-refractivity contribution is 5.92. The summed E-state index contributed by atoms with van der Waals surface area (Å²) < 4.78 is 7.49. The van der Waals surface area contributed by atoms with Gasteiger partial charge in [-0.25, -0.2) is 4.68 Å². The summed E-state index contributed by atoms with van der Waals surface area (Å²) in [6.45, 7) is 4.18. The second-order valence-electron chi connectivity index (χ2n) is 9.04. The molecule has 1 heterocycles. The molecule has 0 radical (unpaired) electrons. The summed E-state index contributed by atoms with van der Waals surface area (Å²) in [5, 5.41) is 4.91. The second-order valence-corrected chi connectivity index (χ2v) is 9.04. The lowest BCUT2D eigenvalue weighted by Gasteiger charge is -2.18. The SMILES string of the molecule is CCCCOc1ccc(-c2c(-c3ccccc3)c(-c3ccccc3)nn(CC[NH+](C)C)c2=O)cc1. The number of quaternary nitrogens is 1. The van der Waals surface area contributed by atoms with Gasteiger partial charge in [-0.3, -0.25) is 4.79 Å². The van der Waals surface area contributed by atoms with E-state index in [1.165, 1.54) is 4.90 Å². The van der Waals surface area contributed by atoms with Crippen molar-refractivity contribution in [1.82, 2.24) is 9.78 Å². The zero-order valence-corrected chi connectivity index (χ0v) is 20.8. The Morgan fingerprint density at radius 3 is 2.00 bits per heavy atom.